The lowest BCUT2D eigenvalue weighted by Gasteiger charge is -2.20. The molecule has 0 aliphatic heterocycles. The number of nitrogens with one attached hydrogen (secondary N) is 1. The Kier molecular flexibility index (Phi) is 6.56. The Hall–Kier alpha value is -1.000. The third-order valence-corrected chi connectivity index (χ3v) is 4.08. The average molecular weight is 295 g/mol. The van der Waals surface area contributed by atoms with E-state index in [1.165, 1.54) is 0 Å². The molecule has 0 radical (unpaired) electrons. The van der Waals surface area contributed by atoms with Crippen LogP contribution in [-0.2, 0) is 4.79 Å². The number of amides is 1. The SMILES string of the molecule is C[C@@H](C[C@@H](O)c1ccccc1)NC(=O)CSC(C)(C)C. The highest BCUT2D eigenvalue weighted by Gasteiger charge is 2.17. The number of hydrogen-bond donors (Lipinski definition) is 2. The topological polar surface area (TPSA) is 49.3 Å². The highest BCUT2D eigenvalue weighted by molar-refractivity contribution is 8.01. The molecule has 0 saturated heterocycles. The number of carbonyl (C=O) groups excluding carboxylic acids is 1. The smallest absolute Gasteiger partial charge is 0.230 e. The van der Waals surface area contributed by atoms with E-state index in [4.69, 9.17) is 0 Å². The van der Waals surface area contributed by atoms with Gasteiger partial charge < -0.3 is 10.4 Å². The van der Waals surface area contributed by atoms with Gasteiger partial charge in [0.2, 0.25) is 5.91 Å². The molecule has 2 N–H and O–H groups in total. The maximum Gasteiger partial charge on any atom is 0.230 e. The zero-order chi connectivity index (χ0) is 15.2. The minimum atomic E-state index is -0.540. The first-order valence-corrected chi connectivity index (χ1v) is 7.93. The highest BCUT2D eigenvalue weighted by Crippen LogP contribution is 2.23. The van der Waals surface area contributed by atoms with Gasteiger partial charge in [-0.1, -0.05) is 51.1 Å². The maximum absolute atomic E-state index is 11.8. The van der Waals surface area contributed by atoms with E-state index in [-0.39, 0.29) is 16.7 Å². The van der Waals surface area contributed by atoms with Crippen LogP contribution >= 0.6 is 11.8 Å². The second-order valence-corrected chi connectivity index (χ2v) is 7.83. The maximum atomic E-state index is 11.8. The van der Waals surface area contributed by atoms with Crippen LogP contribution < -0.4 is 5.32 Å². The fraction of sp³-hybridized carbons (Fsp3) is 0.562. The molecule has 3 nitrogen and oxygen atoms in total. The van der Waals surface area contributed by atoms with Gasteiger partial charge in [0, 0.05) is 10.8 Å². The molecule has 0 aliphatic carbocycles. The summed E-state index contributed by atoms with van der Waals surface area (Å²) in [5.41, 5.74) is 0.887. The van der Waals surface area contributed by atoms with Gasteiger partial charge in [0.1, 0.15) is 0 Å². The van der Waals surface area contributed by atoms with Crippen molar-refractivity contribution in [2.75, 3.05) is 5.75 Å². The molecule has 112 valence electrons. The molecule has 2 atom stereocenters. The molecule has 0 saturated carbocycles. The van der Waals surface area contributed by atoms with Crippen molar-refractivity contribution in [3.05, 3.63) is 35.9 Å². The third-order valence-electron chi connectivity index (χ3n) is 2.80. The summed E-state index contributed by atoms with van der Waals surface area (Å²) in [5, 5.41) is 13.0. The molecule has 0 spiro atoms. The largest absolute Gasteiger partial charge is 0.388 e. The van der Waals surface area contributed by atoms with E-state index >= 15 is 0 Å². The molecule has 1 amide bonds. The Bertz CT molecular complexity index is 414. The quantitative estimate of drug-likeness (QED) is 0.847. The number of benzene rings is 1. The van der Waals surface area contributed by atoms with E-state index in [1.807, 2.05) is 37.3 Å². The summed E-state index contributed by atoms with van der Waals surface area (Å²) in [6, 6.07) is 9.48. The Morgan fingerprint density at radius 3 is 2.45 bits per heavy atom. The summed E-state index contributed by atoms with van der Waals surface area (Å²) in [6.07, 6.45) is -0.0163. The molecule has 4 heteroatoms. The molecule has 1 rings (SSSR count). The Labute approximate surface area is 126 Å². The normalized spacial score (nSPS) is 14.7. The number of hydrogen-bond acceptors (Lipinski definition) is 3. The molecular formula is C16H25NO2S. The van der Waals surface area contributed by atoms with Gasteiger partial charge in [-0.05, 0) is 18.9 Å². The van der Waals surface area contributed by atoms with Crippen molar-refractivity contribution in [3.63, 3.8) is 0 Å². The van der Waals surface area contributed by atoms with Crippen LogP contribution in [0, 0.1) is 0 Å². The fourth-order valence-electron chi connectivity index (χ4n) is 1.80. The van der Waals surface area contributed by atoms with E-state index < -0.39 is 6.10 Å². The Morgan fingerprint density at radius 2 is 1.90 bits per heavy atom. The molecule has 20 heavy (non-hydrogen) atoms. The molecule has 0 bridgehead atoms. The van der Waals surface area contributed by atoms with Gasteiger partial charge in [-0.15, -0.1) is 11.8 Å². The minimum absolute atomic E-state index is 0.0256. The van der Waals surface area contributed by atoms with Crippen LogP contribution in [0.3, 0.4) is 0 Å². The molecule has 0 heterocycles. The summed E-state index contributed by atoms with van der Waals surface area (Å²) in [6.45, 7) is 8.19. The van der Waals surface area contributed by atoms with Gasteiger partial charge >= 0.3 is 0 Å². The third kappa shape index (κ3) is 6.96. The van der Waals surface area contributed by atoms with Gasteiger partial charge in [0.05, 0.1) is 11.9 Å². The van der Waals surface area contributed by atoms with Gasteiger partial charge in [-0.2, -0.15) is 0 Å². The van der Waals surface area contributed by atoms with Gasteiger partial charge in [-0.25, -0.2) is 0 Å². The van der Waals surface area contributed by atoms with Crippen molar-refractivity contribution in [1.82, 2.24) is 5.32 Å². The van der Waals surface area contributed by atoms with Crippen molar-refractivity contribution in [2.24, 2.45) is 0 Å². The number of rotatable bonds is 6. The van der Waals surface area contributed by atoms with Crippen molar-refractivity contribution >= 4 is 17.7 Å². The minimum Gasteiger partial charge on any atom is -0.388 e. The van der Waals surface area contributed by atoms with E-state index in [1.54, 1.807) is 11.8 Å². The lowest BCUT2D eigenvalue weighted by molar-refractivity contribution is -0.119. The monoisotopic (exact) mass is 295 g/mol. The number of thioether (sulfide) groups is 1. The standard InChI is InChI=1S/C16H25NO2S/c1-12(17-15(19)11-20-16(2,3)4)10-14(18)13-8-6-5-7-9-13/h5-9,12,14,18H,10-11H2,1-4H3,(H,17,19)/t12-,14+/m0/s1. The Morgan fingerprint density at radius 1 is 1.30 bits per heavy atom. The van der Waals surface area contributed by atoms with Crippen molar-refractivity contribution in [2.45, 2.75) is 51.0 Å². The summed E-state index contributed by atoms with van der Waals surface area (Å²) in [7, 11) is 0. The molecular weight excluding hydrogens is 270 g/mol. The summed E-state index contributed by atoms with van der Waals surface area (Å²) >= 11 is 1.62. The number of carbonyl (C=O) groups is 1. The van der Waals surface area contributed by atoms with Crippen molar-refractivity contribution in [3.8, 4) is 0 Å². The van der Waals surface area contributed by atoms with Crippen LogP contribution in [0.2, 0.25) is 0 Å². The second-order valence-electron chi connectivity index (χ2n) is 6.03. The average Bonchev–Trinajstić information content (AvgIpc) is 2.36. The first kappa shape index (κ1) is 17.1. The lowest BCUT2D eigenvalue weighted by atomic mass is 10.0. The van der Waals surface area contributed by atoms with Gasteiger partial charge in [0.25, 0.3) is 0 Å². The summed E-state index contributed by atoms with van der Waals surface area (Å²) in [5.74, 6) is 0.479. The fourth-order valence-corrected chi connectivity index (χ4v) is 2.45. The first-order chi connectivity index (χ1) is 9.28. The molecule has 0 unspecified atom stereocenters. The van der Waals surface area contributed by atoms with Crippen molar-refractivity contribution < 1.29 is 9.90 Å². The van der Waals surface area contributed by atoms with Crippen LogP contribution in [0.5, 0.6) is 0 Å². The molecule has 1 aromatic rings. The molecule has 0 aliphatic rings. The van der Waals surface area contributed by atoms with Crippen molar-refractivity contribution in [1.29, 1.82) is 0 Å². The highest BCUT2D eigenvalue weighted by atomic mass is 32.2. The summed E-state index contributed by atoms with van der Waals surface area (Å²) < 4.78 is 0.0874. The van der Waals surface area contributed by atoms with E-state index in [9.17, 15) is 9.90 Å². The molecule has 0 fully saturated rings. The Balaban J connectivity index is 2.36. The summed E-state index contributed by atoms with van der Waals surface area (Å²) in [4.78, 5) is 11.8. The van der Waals surface area contributed by atoms with E-state index in [0.29, 0.717) is 12.2 Å². The van der Waals surface area contributed by atoms with E-state index in [0.717, 1.165) is 5.56 Å². The second kappa shape index (κ2) is 7.70. The van der Waals surface area contributed by atoms with Gasteiger partial charge in [-0.3, -0.25) is 4.79 Å². The number of aliphatic hydroxyl groups is 1. The first-order valence-electron chi connectivity index (χ1n) is 6.94. The van der Waals surface area contributed by atoms with Crippen LogP contribution in [0.1, 0.15) is 45.8 Å². The molecule has 1 aromatic carbocycles. The number of aliphatic hydroxyl groups excluding tert-OH is 1. The van der Waals surface area contributed by atoms with Crippen LogP contribution in [0.4, 0.5) is 0 Å². The predicted molar refractivity (Wildman–Crippen MR) is 85.8 cm³/mol. The zero-order valence-corrected chi connectivity index (χ0v) is 13.5. The van der Waals surface area contributed by atoms with Crippen LogP contribution in [-0.4, -0.2) is 27.6 Å². The molecule has 0 aromatic heterocycles. The van der Waals surface area contributed by atoms with E-state index in [2.05, 4.69) is 26.1 Å². The predicted octanol–water partition coefficient (Wildman–Crippen LogP) is 3.15. The van der Waals surface area contributed by atoms with Crippen LogP contribution in [0.15, 0.2) is 30.3 Å². The zero-order valence-electron chi connectivity index (χ0n) is 12.7. The van der Waals surface area contributed by atoms with Crippen LogP contribution in [0.25, 0.3) is 0 Å². The van der Waals surface area contributed by atoms with Gasteiger partial charge in [0.15, 0.2) is 0 Å². The lowest BCUT2D eigenvalue weighted by Crippen LogP contribution is -2.35.